The van der Waals surface area contributed by atoms with E-state index in [0.29, 0.717) is 31.2 Å². The van der Waals surface area contributed by atoms with Crippen molar-refractivity contribution in [3.8, 4) is 10.6 Å². The molecule has 0 aliphatic heterocycles. The van der Waals surface area contributed by atoms with Gasteiger partial charge in [0.05, 0.1) is 24.3 Å². The quantitative estimate of drug-likeness (QED) is 0.664. The van der Waals surface area contributed by atoms with Crippen molar-refractivity contribution in [2.75, 3.05) is 20.3 Å². The van der Waals surface area contributed by atoms with E-state index in [-0.39, 0.29) is 11.6 Å². The van der Waals surface area contributed by atoms with Crippen LogP contribution in [0.25, 0.3) is 10.6 Å². The predicted octanol–water partition coefficient (Wildman–Crippen LogP) is 3.28. The number of furan rings is 1. The molecule has 0 atom stereocenters. The summed E-state index contributed by atoms with van der Waals surface area (Å²) in [5.74, 6) is 1.08. The Morgan fingerprint density at radius 1 is 1.39 bits per heavy atom. The Bertz CT molecular complexity index is 734. The number of rotatable bonds is 7. The van der Waals surface area contributed by atoms with Gasteiger partial charge in [-0.15, -0.1) is 11.3 Å². The zero-order valence-electron chi connectivity index (χ0n) is 12.6. The summed E-state index contributed by atoms with van der Waals surface area (Å²) in [7, 11) is 1.60. The van der Waals surface area contributed by atoms with Crippen LogP contribution in [-0.2, 0) is 11.3 Å². The molecular weight excluding hydrogens is 316 g/mol. The highest BCUT2D eigenvalue weighted by Crippen LogP contribution is 2.25. The highest BCUT2D eigenvalue weighted by molar-refractivity contribution is 7.13. The summed E-state index contributed by atoms with van der Waals surface area (Å²) in [6.45, 7) is 1.23. The van der Waals surface area contributed by atoms with Crippen molar-refractivity contribution >= 4 is 17.2 Å². The van der Waals surface area contributed by atoms with Crippen LogP contribution >= 0.6 is 11.3 Å². The van der Waals surface area contributed by atoms with E-state index in [0.717, 1.165) is 4.88 Å². The molecule has 0 fully saturated rings. The zero-order valence-corrected chi connectivity index (χ0v) is 13.4. The number of thiophene rings is 1. The van der Waals surface area contributed by atoms with Gasteiger partial charge >= 0.3 is 0 Å². The van der Waals surface area contributed by atoms with Gasteiger partial charge in [-0.25, -0.2) is 0 Å². The first-order chi connectivity index (χ1) is 11.3. The third kappa shape index (κ3) is 3.69. The molecule has 6 nitrogen and oxygen atoms in total. The highest BCUT2D eigenvalue weighted by atomic mass is 32.1. The van der Waals surface area contributed by atoms with Crippen molar-refractivity contribution in [3.63, 3.8) is 0 Å². The number of hydrogen-bond donors (Lipinski definition) is 0. The van der Waals surface area contributed by atoms with Crippen molar-refractivity contribution in [1.82, 2.24) is 10.1 Å². The van der Waals surface area contributed by atoms with E-state index >= 15 is 0 Å². The molecule has 0 radical (unpaired) electrons. The molecule has 0 spiro atoms. The van der Waals surface area contributed by atoms with Crippen LogP contribution in [0.2, 0.25) is 0 Å². The molecule has 3 heterocycles. The standard InChI is InChI=1S/C16H16N2O4S/c1-20-8-6-18(11-12-4-2-7-21-12)16(19)13-10-14(22-17-13)15-5-3-9-23-15/h2-5,7,9-10H,6,8,11H2,1H3. The van der Waals surface area contributed by atoms with Crippen LogP contribution in [0.1, 0.15) is 16.2 Å². The number of amides is 1. The van der Waals surface area contributed by atoms with Gasteiger partial charge in [-0.2, -0.15) is 0 Å². The third-order valence-electron chi connectivity index (χ3n) is 3.27. The Kier molecular flexibility index (Phi) is 4.89. The Balaban J connectivity index is 1.77. The molecule has 1 amide bonds. The van der Waals surface area contributed by atoms with Crippen molar-refractivity contribution < 1.29 is 18.5 Å². The topological polar surface area (TPSA) is 68.7 Å². The lowest BCUT2D eigenvalue weighted by Crippen LogP contribution is -2.33. The summed E-state index contributed by atoms with van der Waals surface area (Å²) in [6, 6.07) is 9.12. The van der Waals surface area contributed by atoms with Crippen LogP contribution in [0, 0.1) is 0 Å². The van der Waals surface area contributed by atoms with Gasteiger partial charge < -0.3 is 18.6 Å². The van der Waals surface area contributed by atoms with Gasteiger partial charge in [0.25, 0.3) is 5.91 Å². The Hall–Kier alpha value is -2.38. The molecule has 0 bridgehead atoms. The van der Waals surface area contributed by atoms with E-state index in [1.807, 2.05) is 23.6 Å². The summed E-state index contributed by atoms with van der Waals surface area (Å²) in [5, 5.41) is 5.84. The number of carbonyl (C=O) groups is 1. The molecular formula is C16H16N2O4S. The van der Waals surface area contributed by atoms with E-state index in [4.69, 9.17) is 13.7 Å². The van der Waals surface area contributed by atoms with Crippen LogP contribution in [0.5, 0.6) is 0 Å². The van der Waals surface area contributed by atoms with E-state index < -0.39 is 0 Å². The number of hydrogen-bond acceptors (Lipinski definition) is 6. The predicted molar refractivity (Wildman–Crippen MR) is 85.1 cm³/mol. The number of nitrogens with zero attached hydrogens (tertiary/aromatic N) is 2. The lowest BCUT2D eigenvalue weighted by atomic mass is 10.3. The zero-order chi connectivity index (χ0) is 16.1. The van der Waals surface area contributed by atoms with Crippen molar-refractivity contribution in [1.29, 1.82) is 0 Å². The van der Waals surface area contributed by atoms with Gasteiger partial charge in [0.15, 0.2) is 11.5 Å². The van der Waals surface area contributed by atoms with Crippen LogP contribution in [-0.4, -0.2) is 36.2 Å². The lowest BCUT2D eigenvalue weighted by Gasteiger charge is -2.19. The van der Waals surface area contributed by atoms with Crippen LogP contribution in [0.15, 0.2) is 50.9 Å². The van der Waals surface area contributed by atoms with Gasteiger partial charge in [0, 0.05) is 19.7 Å². The number of ether oxygens (including phenoxy) is 1. The summed E-state index contributed by atoms with van der Waals surface area (Å²) >= 11 is 1.53. The van der Waals surface area contributed by atoms with Gasteiger partial charge in [-0.05, 0) is 23.6 Å². The monoisotopic (exact) mass is 332 g/mol. The average Bonchev–Trinajstić information content (AvgIpc) is 3.32. The average molecular weight is 332 g/mol. The SMILES string of the molecule is COCCN(Cc1ccco1)C(=O)c1cc(-c2cccs2)on1. The number of aromatic nitrogens is 1. The maximum Gasteiger partial charge on any atom is 0.276 e. The maximum absolute atomic E-state index is 12.7. The second-order valence-corrected chi connectivity index (χ2v) is 5.80. The largest absolute Gasteiger partial charge is 0.467 e. The van der Waals surface area contributed by atoms with Gasteiger partial charge in [0.2, 0.25) is 0 Å². The minimum Gasteiger partial charge on any atom is -0.467 e. The van der Waals surface area contributed by atoms with Gasteiger partial charge in [-0.3, -0.25) is 4.79 Å². The van der Waals surface area contributed by atoms with E-state index in [1.165, 1.54) is 11.3 Å². The molecule has 3 aromatic rings. The Morgan fingerprint density at radius 3 is 3.00 bits per heavy atom. The second-order valence-electron chi connectivity index (χ2n) is 4.85. The molecule has 0 aliphatic rings. The molecule has 3 aromatic heterocycles. The second kappa shape index (κ2) is 7.26. The van der Waals surface area contributed by atoms with E-state index in [2.05, 4.69) is 5.16 Å². The molecule has 0 saturated heterocycles. The fourth-order valence-corrected chi connectivity index (χ4v) is 2.79. The van der Waals surface area contributed by atoms with Crippen molar-refractivity contribution in [3.05, 3.63) is 53.4 Å². The molecule has 0 aromatic carbocycles. The molecule has 0 unspecified atom stereocenters. The van der Waals surface area contributed by atoms with Gasteiger partial charge in [-0.1, -0.05) is 11.2 Å². The summed E-state index contributed by atoms with van der Waals surface area (Å²) in [4.78, 5) is 15.2. The molecule has 7 heteroatoms. The summed E-state index contributed by atoms with van der Waals surface area (Å²) in [6.07, 6.45) is 1.58. The van der Waals surface area contributed by atoms with E-state index in [1.54, 1.807) is 30.4 Å². The molecule has 0 aliphatic carbocycles. The third-order valence-corrected chi connectivity index (χ3v) is 4.16. The smallest absolute Gasteiger partial charge is 0.276 e. The first-order valence-corrected chi connectivity index (χ1v) is 7.97. The Labute approximate surface area is 137 Å². The minimum absolute atomic E-state index is 0.218. The fraction of sp³-hybridized carbons (Fsp3) is 0.250. The lowest BCUT2D eigenvalue weighted by molar-refractivity contribution is 0.0656. The number of carbonyl (C=O) groups excluding carboxylic acids is 1. The molecule has 3 rings (SSSR count). The maximum atomic E-state index is 12.7. The van der Waals surface area contributed by atoms with Crippen LogP contribution in [0.3, 0.4) is 0 Å². The first-order valence-electron chi connectivity index (χ1n) is 7.09. The highest BCUT2D eigenvalue weighted by Gasteiger charge is 2.21. The first kappa shape index (κ1) is 15.5. The molecule has 23 heavy (non-hydrogen) atoms. The number of methoxy groups -OCH3 is 1. The Morgan fingerprint density at radius 2 is 2.30 bits per heavy atom. The molecule has 0 N–H and O–H groups in total. The van der Waals surface area contributed by atoms with Crippen molar-refractivity contribution in [2.24, 2.45) is 0 Å². The van der Waals surface area contributed by atoms with Crippen LogP contribution < -0.4 is 0 Å². The van der Waals surface area contributed by atoms with Gasteiger partial charge in [0.1, 0.15) is 5.76 Å². The van der Waals surface area contributed by atoms with Crippen molar-refractivity contribution in [2.45, 2.75) is 6.54 Å². The van der Waals surface area contributed by atoms with E-state index in [9.17, 15) is 4.79 Å². The fourth-order valence-electron chi connectivity index (χ4n) is 2.12. The summed E-state index contributed by atoms with van der Waals surface area (Å²) < 4.78 is 15.7. The normalized spacial score (nSPS) is 10.8. The summed E-state index contributed by atoms with van der Waals surface area (Å²) in [5.41, 5.74) is 0.274. The molecule has 0 saturated carbocycles. The molecule has 120 valence electrons. The minimum atomic E-state index is -0.218. The van der Waals surface area contributed by atoms with Crippen LogP contribution in [0.4, 0.5) is 0 Å².